The average molecular weight is 444 g/mol. The van der Waals surface area contributed by atoms with Gasteiger partial charge in [0.05, 0.1) is 13.2 Å². The van der Waals surface area contributed by atoms with Crippen LogP contribution in [0.5, 0.6) is 0 Å². The highest BCUT2D eigenvalue weighted by molar-refractivity contribution is 8.01. The molecule has 1 aromatic heterocycles. The highest BCUT2D eigenvalue weighted by Crippen LogP contribution is 2.56. The van der Waals surface area contributed by atoms with Gasteiger partial charge in [0.25, 0.3) is 17.3 Å². The van der Waals surface area contributed by atoms with Crippen LogP contribution in [0.25, 0.3) is 0 Å². The van der Waals surface area contributed by atoms with Crippen molar-refractivity contribution in [2.45, 2.75) is 0 Å². The predicted molar refractivity (Wildman–Crippen MR) is 134 cm³/mol. The van der Waals surface area contributed by atoms with Crippen LogP contribution in [0.15, 0.2) is 95.4 Å². The molecule has 32 heavy (non-hydrogen) atoms. The zero-order valence-corrected chi connectivity index (χ0v) is 19.0. The number of hydrogen-bond acceptors (Lipinski definition) is 5. The summed E-state index contributed by atoms with van der Waals surface area (Å²) in [6.07, 6.45) is 0. The number of anilines is 2. The Morgan fingerprint density at radius 1 is 0.750 bits per heavy atom. The van der Waals surface area contributed by atoms with Gasteiger partial charge < -0.3 is 19.4 Å². The molecular weight excluding hydrogens is 417 g/mol. The van der Waals surface area contributed by atoms with Gasteiger partial charge in [0.2, 0.25) is 0 Å². The van der Waals surface area contributed by atoms with Gasteiger partial charge in [0, 0.05) is 20.1 Å². The maximum absolute atomic E-state index is 6.35. The first-order valence-corrected chi connectivity index (χ1v) is 12.7. The maximum atomic E-state index is 6.35. The minimum Gasteiger partial charge on any atom is -0.403 e. The smallest absolute Gasteiger partial charge is 0.299 e. The van der Waals surface area contributed by atoms with E-state index in [1.807, 2.05) is 7.05 Å². The molecule has 0 bridgehead atoms. The van der Waals surface area contributed by atoms with Gasteiger partial charge >= 0.3 is 0 Å². The van der Waals surface area contributed by atoms with Crippen molar-refractivity contribution in [2.24, 2.45) is 0 Å². The molecular formula is C26H27N3O2P+. The van der Waals surface area contributed by atoms with Gasteiger partial charge in [-0.15, -0.1) is 0 Å². The van der Waals surface area contributed by atoms with Crippen molar-refractivity contribution < 1.29 is 9.15 Å². The van der Waals surface area contributed by atoms with Gasteiger partial charge in [0.1, 0.15) is 15.9 Å². The third-order valence-corrected chi connectivity index (χ3v) is 10.00. The van der Waals surface area contributed by atoms with Gasteiger partial charge in [-0.05, 0) is 36.4 Å². The zero-order valence-electron chi connectivity index (χ0n) is 18.1. The molecule has 0 aliphatic carbocycles. The number of rotatable bonds is 6. The van der Waals surface area contributed by atoms with E-state index in [2.05, 4.69) is 101 Å². The van der Waals surface area contributed by atoms with E-state index in [9.17, 15) is 0 Å². The fraction of sp³-hybridized carbons (Fsp3) is 0.192. The number of benzene rings is 3. The first-order valence-electron chi connectivity index (χ1n) is 10.9. The Bertz CT molecular complexity index is 1050. The maximum Gasteiger partial charge on any atom is 0.299 e. The first-order chi connectivity index (χ1) is 15.8. The fourth-order valence-electron chi connectivity index (χ4n) is 4.37. The van der Waals surface area contributed by atoms with Crippen LogP contribution in [0.3, 0.4) is 0 Å². The lowest BCUT2D eigenvalue weighted by atomic mass is 10.4. The number of aromatic nitrogens is 1. The van der Waals surface area contributed by atoms with E-state index in [4.69, 9.17) is 14.1 Å². The van der Waals surface area contributed by atoms with Crippen molar-refractivity contribution in [3.63, 3.8) is 0 Å². The van der Waals surface area contributed by atoms with Crippen molar-refractivity contribution in [2.75, 3.05) is 43.6 Å². The Hall–Kier alpha value is -3.14. The van der Waals surface area contributed by atoms with Crippen LogP contribution < -0.4 is 31.6 Å². The summed E-state index contributed by atoms with van der Waals surface area (Å²) in [4.78, 5) is 7.37. The molecule has 1 aliphatic rings. The monoisotopic (exact) mass is 444 g/mol. The fourth-order valence-corrected chi connectivity index (χ4v) is 8.57. The summed E-state index contributed by atoms with van der Waals surface area (Å²) < 4.78 is 12.0. The molecule has 3 aromatic carbocycles. The van der Waals surface area contributed by atoms with Crippen molar-refractivity contribution >= 4 is 40.5 Å². The second-order valence-electron chi connectivity index (χ2n) is 7.67. The van der Waals surface area contributed by atoms with Gasteiger partial charge in [-0.1, -0.05) is 54.6 Å². The summed E-state index contributed by atoms with van der Waals surface area (Å²) in [7, 11) is -0.476. The lowest BCUT2D eigenvalue weighted by Crippen LogP contribution is -2.44. The molecule has 0 atom stereocenters. The van der Waals surface area contributed by atoms with E-state index in [1.54, 1.807) is 0 Å². The molecule has 1 N–H and O–H groups in total. The van der Waals surface area contributed by atoms with Gasteiger partial charge in [-0.3, -0.25) is 0 Å². The molecule has 5 rings (SSSR count). The van der Waals surface area contributed by atoms with Crippen LogP contribution in [0.4, 0.5) is 11.9 Å². The van der Waals surface area contributed by atoms with Crippen LogP contribution in [0.2, 0.25) is 0 Å². The van der Waals surface area contributed by atoms with E-state index < -0.39 is 7.26 Å². The van der Waals surface area contributed by atoms with E-state index in [1.165, 1.54) is 15.9 Å². The highest BCUT2D eigenvalue weighted by atomic mass is 31.2. The molecule has 5 nitrogen and oxygen atoms in total. The van der Waals surface area contributed by atoms with Gasteiger partial charge in [-0.25, -0.2) is 0 Å². The SMILES string of the molecule is CNc1nc([P+](c2ccccc2)(c2ccccc2)c2ccccc2)c(N2CCOCC2)o1. The molecule has 2 heterocycles. The largest absolute Gasteiger partial charge is 0.403 e. The summed E-state index contributed by atoms with van der Waals surface area (Å²) in [6.45, 7) is 2.93. The molecule has 0 radical (unpaired) electrons. The molecule has 6 heteroatoms. The number of hydrogen-bond donors (Lipinski definition) is 1. The quantitative estimate of drug-likeness (QED) is 0.463. The van der Waals surface area contributed by atoms with Crippen LogP contribution in [-0.2, 0) is 4.74 Å². The third-order valence-electron chi connectivity index (χ3n) is 5.85. The Kier molecular flexibility index (Phi) is 5.93. The summed E-state index contributed by atoms with van der Waals surface area (Å²) in [5.41, 5.74) is 0.993. The van der Waals surface area contributed by atoms with Crippen molar-refractivity contribution in [1.82, 2.24) is 4.98 Å². The van der Waals surface area contributed by atoms with E-state index in [-0.39, 0.29) is 0 Å². The number of oxazole rings is 1. The minimum atomic E-state index is -2.33. The molecule has 1 fully saturated rings. The Labute approximate surface area is 189 Å². The molecule has 162 valence electrons. The Balaban J connectivity index is 1.87. The second kappa shape index (κ2) is 9.15. The van der Waals surface area contributed by atoms with E-state index in [0.717, 1.165) is 24.4 Å². The molecule has 1 aliphatic heterocycles. The normalized spacial score (nSPS) is 14.3. The molecule has 0 saturated carbocycles. The number of nitrogens with one attached hydrogen (secondary N) is 1. The number of morpholine rings is 1. The third kappa shape index (κ3) is 3.58. The van der Waals surface area contributed by atoms with Crippen LogP contribution in [-0.4, -0.2) is 38.3 Å². The molecule has 0 amide bonds. The van der Waals surface area contributed by atoms with Gasteiger partial charge in [-0.2, -0.15) is 4.98 Å². The topological polar surface area (TPSA) is 50.5 Å². The van der Waals surface area contributed by atoms with Crippen molar-refractivity contribution in [3.8, 4) is 0 Å². The minimum absolute atomic E-state index is 0.536. The van der Waals surface area contributed by atoms with Crippen molar-refractivity contribution in [1.29, 1.82) is 0 Å². The highest BCUT2D eigenvalue weighted by Gasteiger charge is 2.53. The van der Waals surface area contributed by atoms with Crippen LogP contribution in [0, 0.1) is 0 Å². The summed E-state index contributed by atoms with van der Waals surface area (Å²) >= 11 is 0. The molecule has 1 saturated heterocycles. The van der Waals surface area contributed by atoms with Crippen LogP contribution >= 0.6 is 7.26 Å². The summed E-state index contributed by atoms with van der Waals surface area (Å²) in [5, 5.41) is 6.89. The first kappa shape index (κ1) is 20.7. The Morgan fingerprint density at radius 3 is 1.66 bits per heavy atom. The van der Waals surface area contributed by atoms with Gasteiger partial charge in [0.15, 0.2) is 7.26 Å². The van der Waals surface area contributed by atoms with E-state index in [0.29, 0.717) is 19.2 Å². The number of nitrogens with zero attached hydrogens (tertiary/aromatic N) is 2. The molecule has 4 aromatic rings. The van der Waals surface area contributed by atoms with Crippen molar-refractivity contribution in [3.05, 3.63) is 91.0 Å². The molecule has 0 unspecified atom stereocenters. The lowest BCUT2D eigenvalue weighted by molar-refractivity contribution is 0.121. The lowest BCUT2D eigenvalue weighted by Gasteiger charge is -2.30. The number of ether oxygens (including phenoxy) is 1. The zero-order chi connectivity index (χ0) is 21.8. The molecule has 0 spiro atoms. The summed E-state index contributed by atoms with van der Waals surface area (Å²) in [5.74, 6) is 0.836. The predicted octanol–water partition coefficient (Wildman–Crippen LogP) is 3.17. The average Bonchev–Trinajstić information content (AvgIpc) is 3.32. The second-order valence-corrected chi connectivity index (χ2v) is 11.0. The summed E-state index contributed by atoms with van der Waals surface area (Å²) in [6, 6.07) is 32.8. The standard InChI is InChI=1S/C26H27N3O2P/c1-27-26-28-24(25(31-26)29-17-19-30-20-18-29)32(21-11-5-2-6-12-21,22-13-7-3-8-14-22)23-15-9-4-10-16-23/h2-16H,17-20H2,1H3,(H,27,28)/q+1. The van der Waals surface area contributed by atoms with E-state index >= 15 is 0 Å². The Morgan fingerprint density at radius 2 is 1.22 bits per heavy atom. The van der Waals surface area contributed by atoms with Crippen LogP contribution in [0.1, 0.15) is 0 Å².